The number of nitrogens with one attached hydrogen (secondary N) is 2. The van der Waals surface area contributed by atoms with Crippen LogP contribution < -0.4 is 11.0 Å². The molecule has 2 aromatic rings. The van der Waals surface area contributed by atoms with Crippen LogP contribution in [0.25, 0.3) is 0 Å². The molecule has 2 N–H and O–H groups in total. The maximum Gasteiger partial charge on any atom is 0.343 e. The van der Waals surface area contributed by atoms with Gasteiger partial charge in [-0.2, -0.15) is 0 Å². The van der Waals surface area contributed by atoms with E-state index in [1.807, 2.05) is 25.1 Å². The topological polar surface area (TPSA) is 89.0 Å². The van der Waals surface area contributed by atoms with Crippen LogP contribution >= 0.6 is 11.8 Å². The van der Waals surface area contributed by atoms with Crippen molar-refractivity contribution in [1.82, 2.24) is 14.8 Å². The summed E-state index contributed by atoms with van der Waals surface area (Å²) >= 11 is 1.24. The van der Waals surface area contributed by atoms with E-state index in [-0.39, 0.29) is 17.3 Å². The van der Waals surface area contributed by atoms with E-state index in [1.165, 1.54) is 16.3 Å². The number of carbonyl (C=O) groups is 1. The largest absolute Gasteiger partial charge is 0.385 e. The number of methoxy groups -OCH3 is 1. The van der Waals surface area contributed by atoms with Crippen molar-refractivity contribution in [3.05, 3.63) is 39.8 Å². The number of carbonyl (C=O) groups excluding carboxylic acids is 1. The highest BCUT2D eigenvalue weighted by molar-refractivity contribution is 7.99. The van der Waals surface area contributed by atoms with E-state index in [0.29, 0.717) is 30.6 Å². The van der Waals surface area contributed by atoms with Gasteiger partial charge < -0.3 is 10.1 Å². The van der Waals surface area contributed by atoms with Crippen molar-refractivity contribution >= 4 is 23.4 Å². The number of amides is 1. The fraction of sp³-hybridized carbons (Fsp3) is 0.500. The molecule has 0 spiro atoms. The quantitative estimate of drug-likeness (QED) is 0.517. The van der Waals surface area contributed by atoms with Crippen LogP contribution in [0, 0.1) is 6.92 Å². The zero-order valence-electron chi connectivity index (χ0n) is 15.7. The van der Waals surface area contributed by atoms with Gasteiger partial charge in [0.1, 0.15) is 0 Å². The number of aromatic nitrogens is 3. The third-order valence-electron chi connectivity index (χ3n) is 3.98. The fourth-order valence-electron chi connectivity index (χ4n) is 2.63. The highest BCUT2D eigenvalue weighted by atomic mass is 32.2. The average molecular weight is 378 g/mol. The molecule has 0 saturated carbocycles. The first-order valence-electron chi connectivity index (χ1n) is 8.60. The predicted molar refractivity (Wildman–Crippen MR) is 104 cm³/mol. The number of hydrogen-bond donors (Lipinski definition) is 2. The summed E-state index contributed by atoms with van der Waals surface area (Å²) in [6, 6.07) is 6.01. The molecule has 8 heteroatoms. The minimum absolute atomic E-state index is 0.120. The fourth-order valence-corrected chi connectivity index (χ4v) is 3.40. The smallest absolute Gasteiger partial charge is 0.343 e. The molecule has 1 aromatic carbocycles. The van der Waals surface area contributed by atoms with Gasteiger partial charge in [-0.05, 0) is 30.4 Å². The first-order chi connectivity index (χ1) is 12.4. The van der Waals surface area contributed by atoms with E-state index in [4.69, 9.17) is 4.74 Å². The summed E-state index contributed by atoms with van der Waals surface area (Å²) in [6.07, 6.45) is 0.705. The maximum absolute atomic E-state index is 12.4. The van der Waals surface area contributed by atoms with E-state index in [0.717, 1.165) is 16.8 Å². The SMILES string of the molecule is COCCCn1c(SCC(=O)Nc2c(C)cccc2C(C)C)n[nH]c1=O. The van der Waals surface area contributed by atoms with Gasteiger partial charge in [-0.1, -0.05) is 43.8 Å². The van der Waals surface area contributed by atoms with Crippen LogP contribution in [-0.4, -0.2) is 40.1 Å². The van der Waals surface area contributed by atoms with Gasteiger partial charge in [0, 0.05) is 25.9 Å². The van der Waals surface area contributed by atoms with Crippen LogP contribution in [-0.2, 0) is 16.1 Å². The molecule has 0 fully saturated rings. The summed E-state index contributed by atoms with van der Waals surface area (Å²) in [5, 5.41) is 9.95. The molecule has 0 saturated heterocycles. The van der Waals surface area contributed by atoms with Gasteiger partial charge >= 0.3 is 5.69 Å². The van der Waals surface area contributed by atoms with E-state index >= 15 is 0 Å². The summed E-state index contributed by atoms with van der Waals surface area (Å²) in [5.74, 6) is 0.376. The molecule has 0 atom stereocenters. The summed E-state index contributed by atoms with van der Waals surface area (Å²) < 4.78 is 6.54. The number of thioether (sulfide) groups is 1. The number of benzene rings is 1. The Kier molecular flexibility index (Phi) is 7.47. The second-order valence-corrected chi connectivity index (χ2v) is 7.28. The lowest BCUT2D eigenvalue weighted by Crippen LogP contribution is -2.20. The number of hydrogen-bond acceptors (Lipinski definition) is 5. The van der Waals surface area contributed by atoms with Crippen molar-refractivity contribution < 1.29 is 9.53 Å². The Morgan fingerprint density at radius 1 is 1.42 bits per heavy atom. The third-order valence-corrected chi connectivity index (χ3v) is 4.95. The van der Waals surface area contributed by atoms with E-state index in [1.54, 1.807) is 7.11 Å². The zero-order chi connectivity index (χ0) is 19.1. The second kappa shape index (κ2) is 9.59. The van der Waals surface area contributed by atoms with Gasteiger partial charge in [-0.3, -0.25) is 9.36 Å². The summed E-state index contributed by atoms with van der Waals surface area (Å²) in [4.78, 5) is 24.2. The van der Waals surface area contributed by atoms with Gasteiger partial charge in [0.25, 0.3) is 0 Å². The van der Waals surface area contributed by atoms with Crippen molar-refractivity contribution in [2.45, 2.75) is 44.8 Å². The number of nitrogens with zero attached hydrogens (tertiary/aromatic N) is 2. The minimum atomic E-state index is -0.273. The standard InChI is InChI=1S/C18H26N4O3S/c1-12(2)14-8-5-7-13(3)16(14)19-15(23)11-26-18-21-20-17(24)22(18)9-6-10-25-4/h5,7-8,12H,6,9-11H2,1-4H3,(H,19,23)(H,20,24). The lowest BCUT2D eigenvalue weighted by molar-refractivity contribution is -0.113. The first-order valence-corrected chi connectivity index (χ1v) is 9.59. The van der Waals surface area contributed by atoms with Crippen LogP contribution in [0.3, 0.4) is 0 Å². The lowest BCUT2D eigenvalue weighted by Gasteiger charge is -2.16. The Bertz CT molecular complexity index is 798. The summed E-state index contributed by atoms with van der Waals surface area (Å²) in [5.41, 5.74) is 2.74. The molecule has 1 aromatic heterocycles. The van der Waals surface area contributed by atoms with Crippen molar-refractivity contribution in [2.24, 2.45) is 0 Å². The number of ether oxygens (including phenoxy) is 1. The molecule has 0 aliphatic carbocycles. The van der Waals surface area contributed by atoms with Crippen molar-refractivity contribution in [2.75, 3.05) is 24.8 Å². The molecule has 0 aliphatic rings. The highest BCUT2D eigenvalue weighted by Crippen LogP contribution is 2.27. The number of aryl methyl sites for hydroxylation is 1. The Morgan fingerprint density at radius 2 is 2.19 bits per heavy atom. The van der Waals surface area contributed by atoms with Crippen molar-refractivity contribution in [3.63, 3.8) is 0 Å². The Hall–Kier alpha value is -2.06. The Balaban J connectivity index is 2.01. The molecule has 1 heterocycles. The normalized spacial score (nSPS) is 11.1. The van der Waals surface area contributed by atoms with Crippen LogP contribution in [0.15, 0.2) is 28.2 Å². The van der Waals surface area contributed by atoms with Crippen LogP contribution in [0.5, 0.6) is 0 Å². The van der Waals surface area contributed by atoms with Crippen molar-refractivity contribution in [3.8, 4) is 0 Å². The molecular formula is C18H26N4O3S. The number of anilines is 1. The molecule has 26 heavy (non-hydrogen) atoms. The van der Waals surface area contributed by atoms with Gasteiger partial charge in [0.05, 0.1) is 5.75 Å². The van der Waals surface area contributed by atoms with Crippen molar-refractivity contribution in [1.29, 1.82) is 0 Å². The number of rotatable bonds is 9. The molecular weight excluding hydrogens is 352 g/mol. The lowest BCUT2D eigenvalue weighted by atomic mass is 9.98. The summed E-state index contributed by atoms with van der Waals surface area (Å²) in [7, 11) is 1.62. The van der Waals surface area contributed by atoms with E-state index in [2.05, 4.69) is 29.4 Å². The highest BCUT2D eigenvalue weighted by Gasteiger charge is 2.14. The number of aromatic amines is 1. The average Bonchev–Trinajstić information content (AvgIpc) is 2.95. The first kappa shape index (κ1) is 20.3. The maximum atomic E-state index is 12.4. The zero-order valence-corrected chi connectivity index (χ0v) is 16.5. The van der Waals surface area contributed by atoms with Gasteiger partial charge in [-0.15, -0.1) is 5.10 Å². The van der Waals surface area contributed by atoms with Gasteiger partial charge in [0.2, 0.25) is 5.91 Å². The molecule has 1 amide bonds. The minimum Gasteiger partial charge on any atom is -0.385 e. The number of para-hydroxylation sites is 1. The second-order valence-electron chi connectivity index (χ2n) is 6.34. The molecule has 7 nitrogen and oxygen atoms in total. The van der Waals surface area contributed by atoms with Gasteiger partial charge in [0.15, 0.2) is 5.16 Å². The predicted octanol–water partition coefficient (Wildman–Crippen LogP) is 2.77. The summed E-state index contributed by atoms with van der Waals surface area (Å²) in [6.45, 7) is 7.24. The van der Waals surface area contributed by atoms with Gasteiger partial charge in [-0.25, -0.2) is 9.89 Å². The Labute approximate surface area is 157 Å². The Morgan fingerprint density at radius 3 is 2.88 bits per heavy atom. The number of H-pyrrole nitrogens is 1. The van der Waals surface area contributed by atoms with E-state index in [9.17, 15) is 9.59 Å². The molecule has 0 radical (unpaired) electrons. The van der Waals surface area contributed by atoms with E-state index < -0.39 is 0 Å². The molecule has 0 aliphatic heterocycles. The monoisotopic (exact) mass is 378 g/mol. The molecule has 0 unspecified atom stereocenters. The third kappa shape index (κ3) is 5.22. The van der Waals surface area contributed by atoms with Crippen LogP contribution in [0.4, 0.5) is 5.69 Å². The van der Waals surface area contributed by atoms with Crippen LogP contribution in [0.1, 0.15) is 37.3 Å². The molecule has 142 valence electrons. The van der Waals surface area contributed by atoms with Crippen LogP contribution in [0.2, 0.25) is 0 Å². The molecule has 0 bridgehead atoms. The molecule has 2 rings (SSSR count).